The highest BCUT2D eigenvalue weighted by atomic mass is 14.7. The van der Waals surface area contributed by atoms with Gasteiger partial charge in [-0.15, -0.1) is 0 Å². The number of aryl methyl sites for hydroxylation is 1. The van der Waals surface area contributed by atoms with Gasteiger partial charge in [0, 0.05) is 5.54 Å². The van der Waals surface area contributed by atoms with Crippen molar-refractivity contribution in [3.05, 3.63) is 33.9 Å². The predicted octanol–water partition coefficient (Wildman–Crippen LogP) is 18.5. The molecule has 2 N–H and O–H groups in total. The van der Waals surface area contributed by atoms with Crippen LogP contribution < -0.4 is 5.73 Å². The van der Waals surface area contributed by atoms with Crippen LogP contribution in [-0.4, -0.2) is 0 Å². The van der Waals surface area contributed by atoms with Gasteiger partial charge in [-0.25, -0.2) is 0 Å². The minimum absolute atomic E-state index is 0.201. The lowest BCUT2D eigenvalue weighted by Gasteiger charge is -2.36. The van der Waals surface area contributed by atoms with Gasteiger partial charge >= 0.3 is 0 Å². The van der Waals surface area contributed by atoms with E-state index in [1.54, 1.807) is 22.3 Å². The van der Waals surface area contributed by atoms with Gasteiger partial charge < -0.3 is 5.73 Å². The van der Waals surface area contributed by atoms with Crippen LogP contribution in [0.2, 0.25) is 0 Å². The molecule has 0 heterocycles. The zero-order valence-electron chi connectivity index (χ0n) is 40.3. The molecule has 0 fully saturated rings. The van der Waals surface area contributed by atoms with Crippen molar-refractivity contribution in [2.24, 2.45) is 23.5 Å². The van der Waals surface area contributed by atoms with Crippen molar-refractivity contribution in [2.45, 2.75) is 299 Å². The van der Waals surface area contributed by atoms with E-state index in [0.717, 1.165) is 17.8 Å². The molecule has 0 spiro atoms. The molecule has 0 saturated heterocycles. The van der Waals surface area contributed by atoms with Gasteiger partial charge in [-0.2, -0.15) is 0 Å². The first-order valence-corrected chi connectivity index (χ1v) is 26.0. The van der Waals surface area contributed by atoms with E-state index in [0.29, 0.717) is 0 Å². The molecule has 0 aliphatic rings. The van der Waals surface area contributed by atoms with Crippen LogP contribution in [0.25, 0.3) is 0 Å². The molecule has 1 heteroatoms. The Kier molecular flexibility index (Phi) is 33.2. The average molecular weight is 780 g/mol. The summed E-state index contributed by atoms with van der Waals surface area (Å²) in [5.74, 6) is 2.41. The first-order chi connectivity index (χ1) is 27.1. The summed E-state index contributed by atoms with van der Waals surface area (Å²) >= 11 is 0. The minimum Gasteiger partial charge on any atom is -0.321 e. The van der Waals surface area contributed by atoms with E-state index in [1.165, 1.54) is 231 Å². The Morgan fingerprint density at radius 2 is 0.696 bits per heavy atom. The van der Waals surface area contributed by atoms with Crippen LogP contribution in [0.1, 0.15) is 296 Å². The Hall–Kier alpha value is -0.820. The molecule has 1 rings (SSSR count). The molecule has 0 radical (unpaired) electrons. The zero-order valence-corrected chi connectivity index (χ0v) is 40.3. The van der Waals surface area contributed by atoms with Gasteiger partial charge in [-0.1, -0.05) is 235 Å². The van der Waals surface area contributed by atoms with Gasteiger partial charge in [-0.3, -0.25) is 0 Å². The SMILES string of the molecule is CCCCCCCCc1cc(C(N)(CCCCCC(C)C)CCCCCC(C)C)c(CCCCCC(C)C)c(CCCCCCCC)c1CCCCCCCC. The highest BCUT2D eigenvalue weighted by Crippen LogP contribution is 2.40. The molecule has 0 saturated carbocycles. The van der Waals surface area contributed by atoms with Crippen LogP contribution in [-0.2, 0) is 31.2 Å². The molecule has 0 aromatic heterocycles. The maximum Gasteiger partial charge on any atom is 0.0412 e. The second-order valence-corrected chi connectivity index (χ2v) is 20.2. The molecule has 1 aromatic rings. The fourth-order valence-corrected chi connectivity index (χ4v) is 9.48. The van der Waals surface area contributed by atoms with Crippen LogP contribution in [0.15, 0.2) is 6.07 Å². The molecule has 56 heavy (non-hydrogen) atoms. The molecule has 1 aromatic carbocycles. The first kappa shape index (κ1) is 53.2. The molecule has 330 valence electrons. The van der Waals surface area contributed by atoms with Crippen molar-refractivity contribution in [1.82, 2.24) is 0 Å². The fraction of sp³-hybridized carbons (Fsp3) is 0.891. The Morgan fingerprint density at radius 1 is 0.375 bits per heavy atom. The minimum atomic E-state index is -0.201. The van der Waals surface area contributed by atoms with E-state index < -0.39 is 0 Å². The van der Waals surface area contributed by atoms with Crippen LogP contribution in [0.4, 0.5) is 0 Å². The van der Waals surface area contributed by atoms with Crippen molar-refractivity contribution in [1.29, 1.82) is 0 Å². The molecule has 0 unspecified atom stereocenters. The van der Waals surface area contributed by atoms with Gasteiger partial charge in [0.2, 0.25) is 0 Å². The summed E-state index contributed by atoms with van der Waals surface area (Å²) in [5, 5.41) is 0. The van der Waals surface area contributed by atoms with Crippen molar-refractivity contribution < 1.29 is 0 Å². The molecule has 0 amide bonds. The average Bonchev–Trinajstić information content (AvgIpc) is 3.15. The molecule has 0 bridgehead atoms. The molecular weight excluding hydrogens is 675 g/mol. The third-order valence-electron chi connectivity index (χ3n) is 13.2. The lowest BCUT2D eigenvalue weighted by molar-refractivity contribution is 0.337. The van der Waals surface area contributed by atoms with Gasteiger partial charge in [0.15, 0.2) is 0 Å². The quantitative estimate of drug-likeness (QED) is 0.0660. The van der Waals surface area contributed by atoms with E-state index in [-0.39, 0.29) is 5.54 Å². The lowest BCUT2D eigenvalue weighted by Crippen LogP contribution is -2.38. The Bertz CT molecular complexity index is 999. The molecule has 1 nitrogen and oxygen atoms in total. The number of benzene rings is 1. The highest BCUT2D eigenvalue weighted by Gasteiger charge is 2.32. The molecular formula is C55H105N. The van der Waals surface area contributed by atoms with Crippen molar-refractivity contribution in [3.63, 3.8) is 0 Å². The molecule has 0 aliphatic heterocycles. The topological polar surface area (TPSA) is 26.0 Å². The number of hydrogen-bond acceptors (Lipinski definition) is 1. The second kappa shape index (κ2) is 35.0. The van der Waals surface area contributed by atoms with E-state index >= 15 is 0 Å². The summed E-state index contributed by atoms with van der Waals surface area (Å²) in [5.41, 5.74) is 16.6. The smallest absolute Gasteiger partial charge is 0.0412 e. The number of nitrogens with two attached hydrogens (primary N) is 1. The highest BCUT2D eigenvalue weighted by molar-refractivity contribution is 5.50. The summed E-state index contributed by atoms with van der Waals surface area (Å²) in [4.78, 5) is 0. The number of rotatable bonds is 40. The van der Waals surface area contributed by atoms with Crippen molar-refractivity contribution >= 4 is 0 Å². The summed E-state index contributed by atoms with van der Waals surface area (Å²) in [6.07, 6.45) is 48.4. The normalized spacial score (nSPS) is 12.3. The fourth-order valence-electron chi connectivity index (χ4n) is 9.48. The number of unbranched alkanes of at least 4 members (excludes halogenated alkanes) is 21. The van der Waals surface area contributed by atoms with Crippen molar-refractivity contribution in [2.75, 3.05) is 0 Å². The maximum atomic E-state index is 8.05. The van der Waals surface area contributed by atoms with Crippen LogP contribution in [0.5, 0.6) is 0 Å². The van der Waals surface area contributed by atoms with Crippen LogP contribution in [0.3, 0.4) is 0 Å². The van der Waals surface area contributed by atoms with Gasteiger partial charge in [-0.05, 0) is 110 Å². The van der Waals surface area contributed by atoms with E-state index in [1.807, 2.05) is 5.56 Å². The third-order valence-corrected chi connectivity index (χ3v) is 13.2. The molecule has 0 aliphatic carbocycles. The zero-order chi connectivity index (χ0) is 41.3. The Labute approximate surface area is 355 Å². The number of hydrogen-bond donors (Lipinski definition) is 1. The summed E-state index contributed by atoms with van der Waals surface area (Å²) < 4.78 is 0. The predicted molar refractivity (Wildman–Crippen MR) is 256 cm³/mol. The van der Waals surface area contributed by atoms with Gasteiger partial charge in [0.05, 0.1) is 0 Å². The third kappa shape index (κ3) is 25.6. The summed E-state index contributed by atoms with van der Waals surface area (Å²) in [7, 11) is 0. The maximum absolute atomic E-state index is 8.05. The van der Waals surface area contributed by atoms with Gasteiger partial charge in [0.25, 0.3) is 0 Å². The van der Waals surface area contributed by atoms with E-state index in [9.17, 15) is 0 Å². The Morgan fingerprint density at radius 3 is 1.11 bits per heavy atom. The standard InChI is InChI=1S/C55H105N/c1-10-13-16-19-22-31-40-50-46-54(55(56,44-35-26-29-38-48(6)7)45-36-27-30-39-49(8)9)53(43-34-25-28-37-47(4)5)52(42-33-24-21-18-15-12-3)51(50)41-32-23-20-17-14-11-2/h46-49H,10-45,56H2,1-9H3. The van der Waals surface area contributed by atoms with Gasteiger partial charge in [0.1, 0.15) is 0 Å². The monoisotopic (exact) mass is 780 g/mol. The second-order valence-electron chi connectivity index (χ2n) is 20.2. The summed E-state index contributed by atoms with van der Waals surface area (Å²) in [6.45, 7) is 21.4. The van der Waals surface area contributed by atoms with E-state index in [4.69, 9.17) is 5.73 Å². The van der Waals surface area contributed by atoms with E-state index in [2.05, 4.69) is 68.4 Å². The van der Waals surface area contributed by atoms with Crippen LogP contribution >= 0.6 is 0 Å². The lowest BCUT2D eigenvalue weighted by atomic mass is 9.73. The first-order valence-electron chi connectivity index (χ1n) is 26.0. The van der Waals surface area contributed by atoms with Crippen molar-refractivity contribution in [3.8, 4) is 0 Å². The van der Waals surface area contributed by atoms with Crippen LogP contribution in [0, 0.1) is 17.8 Å². The molecule has 0 atom stereocenters. The largest absolute Gasteiger partial charge is 0.321 e. The summed E-state index contributed by atoms with van der Waals surface area (Å²) in [6, 6.07) is 2.80. The Balaban J connectivity index is 3.80.